The predicted octanol–water partition coefficient (Wildman–Crippen LogP) is 5.81. The summed E-state index contributed by atoms with van der Waals surface area (Å²) in [6.45, 7) is 4.90. The van der Waals surface area contributed by atoms with Crippen LogP contribution in [0.3, 0.4) is 0 Å². The predicted molar refractivity (Wildman–Crippen MR) is 162 cm³/mol. The van der Waals surface area contributed by atoms with Crippen LogP contribution in [0.5, 0.6) is 0 Å². The first-order chi connectivity index (χ1) is 19.6. The summed E-state index contributed by atoms with van der Waals surface area (Å²) in [5, 5.41) is 11.8. The molecule has 1 aliphatic heterocycles. The van der Waals surface area contributed by atoms with Crippen LogP contribution in [0.1, 0.15) is 13.8 Å². The third-order valence-electron chi connectivity index (χ3n) is 6.71. The van der Waals surface area contributed by atoms with Gasteiger partial charge in [0.25, 0.3) is 0 Å². The van der Waals surface area contributed by atoms with Gasteiger partial charge in [-0.3, -0.25) is 0 Å². The molecule has 6 fully saturated rings. The molecule has 0 bridgehead atoms. The zero-order valence-electron chi connectivity index (χ0n) is 24.2. The number of nitrogens with zero attached hydrogens (tertiary/aromatic N) is 1. The van der Waals surface area contributed by atoms with Crippen molar-refractivity contribution in [2.75, 3.05) is 6.61 Å². The molecule has 0 amide bonds. The van der Waals surface area contributed by atoms with E-state index in [9.17, 15) is 5.11 Å². The first-order valence-electron chi connectivity index (χ1n) is 13.7. The van der Waals surface area contributed by atoms with E-state index in [1.54, 1.807) is 0 Å². The fraction of sp³-hybridized carbons (Fsp3) is 0.162. The molecule has 1 atom stereocenters. The summed E-state index contributed by atoms with van der Waals surface area (Å²) in [5.74, 6) is 4.45. The quantitative estimate of drug-likeness (QED) is 0.369. The summed E-state index contributed by atoms with van der Waals surface area (Å²) in [4.78, 5) is 4.75. The molecule has 43 heavy (non-hydrogen) atoms. The van der Waals surface area contributed by atoms with Crippen LogP contribution in [0.4, 0.5) is 0 Å². The second kappa shape index (κ2) is 23.3. The summed E-state index contributed by atoms with van der Waals surface area (Å²) in [6.07, 6.45) is 51.5. The van der Waals surface area contributed by atoms with Crippen molar-refractivity contribution in [2.45, 2.75) is 25.5 Å². The molecule has 220 valence electrons. The van der Waals surface area contributed by atoms with Crippen molar-refractivity contribution in [3.05, 3.63) is 191 Å². The van der Waals surface area contributed by atoms with E-state index in [0.29, 0.717) is 18.4 Å². The molecule has 0 unspecified atom stereocenters. The monoisotopic (exact) mass is 695 g/mol. The van der Waals surface area contributed by atoms with E-state index in [1.165, 1.54) is 0 Å². The smallest absolute Gasteiger partial charge is 0.478 e. The van der Waals surface area contributed by atoms with E-state index in [1.807, 2.05) is 167 Å². The maximum absolute atomic E-state index is 11.8. The van der Waals surface area contributed by atoms with Crippen molar-refractivity contribution < 1.29 is 61.0 Å². The molecule has 7 rings (SSSR count). The van der Waals surface area contributed by atoms with Crippen LogP contribution in [-0.4, -0.2) is 29.3 Å². The molecule has 6 heteroatoms. The van der Waals surface area contributed by atoms with E-state index in [-0.39, 0.29) is 57.2 Å². The van der Waals surface area contributed by atoms with Gasteiger partial charge in [-0.15, -0.1) is 0 Å². The van der Waals surface area contributed by atoms with Crippen molar-refractivity contribution >= 4 is 5.90 Å². The van der Waals surface area contributed by atoms with Gasteiger partial charge in [-0.05, 0) is 173 Å². The van der Waals surface area contributed by atoms with Crippen LogP contribution in [0, 0.1) is 197 Å². The van der Waals surface area contributed by atoms with Crippen molar-refractivity contribution in [2.24, 2.45) is 10.9 Å². The molecular formula is C37H37Fe3NO2+6. The molecule has 0 aromatic heterocycles. The standard InChI is InChI=1S/C22H22NO2.3C5H5.3Fe/c1-15(2)20-14-25-21(23-20)18-12-7-13-19(18)22(24,16-8-3-4-9-16)17-10-5-6-11-17;3*1-2-4-5-3-1;;;/h3-13,15,20,24H,14H2,1-2H3;3*1-5H;;;/q;;;;3*+2/t20-;;;;;;/m1....../s1. The second-order valence-electron chi connectivity index (χ2n) is 9.85. The zero-order valence-corrected chi connectivity index (χ0v) is 27.5. The molecular weight excluding hydrogens is 658 g/mol. The Morgan fingerprint density at radius 2 is 0.953 bits per heavy atom. The van der Waals surface area contributed by atoms with Crippen LogP contribution in [0.15, 0.2) is 4.99 Å². The van der Waals surface area contributed by atoms with Gasteiger partial charge in [0.05, 0.1) is 17.6 Å². The van der Waals surface area contributed by atoms with Crippen molar-refractivity contribution in [1.82, 2.24) is 0 Å². The molecule has 0 saturated heterocycles. The van der Waals surface area contributed by atoms with Crippen molar-refractivity contribution in [1.29, 1.82) is 0 Å². The molecule has 0 aromatic carbocycles. The number of hydrogen-bond donors (Lipinski definition) is 1. The fourth-order valence-corrected chi connectivity index (χ4v) is 4.47. The molecule has 3 nitrogen and oxygen atoms in total. The molecule has 7 aliphatic rings. The van der Waals surface area contributed by atoms with Gasteiger partial charge in [0, 0.05) is 17.8 Å². The van der Waals surface area contributed by atoms with Gasteiger partial charge in [0.1, 0.15) is 6.61 Å². The van der Waals surface area contributed by atoms with Crippen molar-refractivity contribution in [3.63, 3.8) is 0 Å². The van der Waals surface area contributed by atoms with Gasteiger partial charge in [-0.1, -0.05) is 13.8 Å². The summed E-state index contributed by atoms with van der Waals surface area (Å²) >= 11 is 0. The van der Waals surface area contributed by atoms with Gasteiger partial charge >= 0.3 is 51.2 Å². The van der Waals surface area contributed by atoms with Gasteiger partial charge in [0.15, 0.2) is 5.90 Å². The Bertz CT molecular complexity index is 646. The number of aliphatic imine (C=N–C) groups is 1. The van der Waals surface area contributed by atoms with Crippen LogP contribution in [0.2, 0.25) is 0 Å². The van der Waals surface area contributed by atoms with E-state index >= 15 is 0 Å². The molecule has 1 N–H and O–H groups in total. The largest absolute Gasteiger partial charge is 2.00 e. The molecule has 1 heterocycles. The van der Waals surface area contributed by atoms with Crippen LogP contribution >= 0.6 is 0 Å². The number of hydrogen-bond acceptors (Lipinski definition) is 3. The SMILES string of the molecule is CC(C)[C@H]1COC([C]2[CH][CH][CH][C]2C(O)([C]2[CH][CH][CH][CH]2)[C]2[CH][CH][CH][CH]2)=N1.[CH]1[CH][CH][CH][CH]1.[CH]1[CH][CH][CH][CH]1.[CH]1[CH][CH][CH][CH]1.[Fe+2].[Fe+2].[Fe+2]. The first-order valence-corrected chi connectivity index (χ1v) is 13.7. The van der Waals surface area contributed by atoms with Crippen LogP contribution < -0.4 is 0 Å². The minimum Gasteiger partial charge on any atom is -0.478 e. The first kappa shape index (κ1) is 42.0. The summed E-state index contributed by atoms with van der Waals surface area (Å²) < 4.78 is 5.88. The maximum Gasteiger partial charge on any atom is 2.00 e. The topological polar surface area (TPSA) is 41.8 Å². The molecule has 0 spiro atoms. The Kier molecular flexibility index (Phi) is 22.8. The number of ether oxygens (including phenoxy) is 1. The third kappa shape index (κ3) is 12.8. The van der Waals surface area contributed by atoms with Gasteiger partial charge in [-0.25, -0.2) is 4.99 Å². The Labute approximate surface area is 298 Å². The Balaban J connectivity index is 0.000000419. The second-order valence-corrected chi connectivity index (χ2v) is 9.85. The Morgan fingerprint density at radius 1 is 0.581 bits per heavy atom. The van der Waals surface area contributed by atoms with Crippen molar-refractivity contribution in [3.8, 4) is 0 Å². The van der Waals surface area contributed by atoms with E-state index in [0.717, 1.165) is 23.7 Å². The number of aliphatic hydroxyl groups is 1. The molecule has 0 aromatic rings. The van der Waals surface area contributed by atoms with E-state index < -0.39 is 5.60 Å². The average Bonchev–Trinajstić information content (AvgIpc) is 3.86. The Hall–Kier alpha value is 0.988. The third-order valence-corrected chi connectivity index (χ3v) is 6.71. The minimum atomic E-state index is -1.21. The summed E-state index contributed by atoms with van der Waals surface area (Å²) in [7, 11) is 0. The summed E-state index contributed by atoms with van der Waals surface area (Å²) in [5.41, 5.74) is -1.21. The van der Waals surface area contributed by atoms with Gasteiger partial charge in [-0.2, -0.15) is 0 Å². The maximum atomic E-state index is 11.8. The van der Waals surface area contributed by atoms with Crippen LogP contribution in [-0.2, 0) is 55.9 Å². The molecule has 6 saturated carbocycles. The molecule has 30 radical (unpaired) electrons. The van der Waals surface area contributed by atoms with E-state index in [4.69, 9.17) is 9.73 Å². The summed E-state index contributed by atoms with van der Waals surface area (Å²) in [6, 6.07) is 0.170. The average molecular weight is 695 g/mol. The zero-order chi connectivity index (χ0) is 28.0. The normalized spacial score (nSPS) is 26.1. The minimum absolute atomic E-state index is 0. The molecule has 6 aliphatic carbocycles. The Morgan fingerprint density at radius 3 is 1.28 bits per heavy atom. The van der Waals surface area contributed by atoms with Crippen LogP contribution in [0.25, 0.3) is 0 Å². The van der Waals surface area contributed by atoms with Gasteiger partial charge < -0.3 is 9.84 Å². The fourth-order valence-electron chi connectivity index (χ4n) is 4.47. The van der Waals surface area contributed by atoms with E-state index in [2.05, 4.69) is 13.8 Å². The number of rotatable bonds is 5. The van der Waals surface area contributed by atoms with Gasteiger partial charge in [0.2, 0.25) is 0 Å².